The van der Waals surface area contributed by atoms with Crippen LogP contribution in [0, 0.1) is 5.82 Å². The summed E-state index contributed by atoms with van der Waals surface area (Å²) in [6.45, 7) is 0.388. The molecule has 4 nitrogen and oxygen atoms in total. The Bertz CT molecular complexity index is 700. The summed E-state index contributed by atoms with van der Waals surface area (Å²) in [7, 11) is 1.59. The fraction of sp³-hybridized carbons (Fsp3) is 0.278. The van der Waals surface area contributed by atoms with Crippen LogP contribution < -0.4 is 14.4 Å². The van der Waals surface area contributed by atoms with Gasteiger partial charge < -0.3 is 14.4 Å². The Morgan fingerprint density at radius 3 is 2.65 bits per heavy atom. The number of methoxy groups -OCH3 is 1. The first-order chi connectivity index (χ1) is 11.2. The number of rotatable bonds is 4. The lowest BCUT2D eigenvalue weighted by atomic mass is 10.0. The fourth-order valence-electron chi connectivity index (χ4n) is 2.75. The number of hydrogen-bond acceptors (Lipinski definition) is 3. The number of aryl methyl sites for hydroxylation is 1. The van der Waals surface area contributed by atoms with Crippen molar-refractivity contribution in [2.45, 2.75) is 12.8 Å². The molecule has 1 aliphatic rings. The van der Waals surface area contributed by atoms with Crippen molar-refractivity contribution >= 4 is 11.6 Å². The topological polar surface area (TPSA) is 38.8 Å². The van der Waals surface area contributed by atoms with Gasteiger partial charge in [0.25, 0.3) is 5.91 Å². The van der Waals surface area contributed by atoms with Crippen molar-refractivity contribution in [2.75, 3.05) is 25.2 Å². The number of carbonyl (C=O) groups is 1. The molecule has 23 heavy (non-hydrogen) atoms. The van der Waals surface area contributed by atoms with Gasteiger partial charge in [-0.2, -0.15) is 0 Å². The van der Waals surface area contributed by atoms with Gasteiger partial charge in [0.15, 0.2) is 6.61 Å². The molecule has 3 rings (SSSR count). The number of halogens is 1. The summed E-state index contributed by atoms with van der Waals surface area (Å²) in [6.07, 6.45) is 1.61. The van der Waals surface area contributed by atoms with Crippen molar-refractivity contribution in [1.82, 2.24) is 0 Å². The first-order valence-electron chi connectivity index (χ1n) is 7.53. The Kier molecular flexibility index (Phi) is 4.46. The first kappa shape index (κ1) is 15.3. The zero-order valence-corrected chi connectivity index (χ0v) is 12.9. The number of fused-ring (bicyclic) bond motifs is 1. The summed E-state index contributed by atoms with van der Waals surface area (Å²) in [5.41, 5.74) is 1.26. The largest absolute Gasteiger partial charge is 0.497 e. The van der Waals surface area contributed by atoms with E-state index in [9.17, 15) is 9.18 Å². The van der Waals surface area contributed by atoms with Crippen LogP contribution in [0.5, 0.6) is 11.5 Å². The van der Waals surface area contributed by atoms with Crippen LogP contribution in [0.25, 0.3) is 0 Å². The predicted octanol–water partition coefficient (Wildman–Crippen LogP) is 3.19. The second-order valence-corrected chi connectivity index (χ2v) is 5.36. The molecule has 0 unspecified atom stereocenters. The molecule has 0 spiro atoms. The highest BCUT2D eigenvalue weighted by Crippen LogP contribution is 2.30. The van der Waals surface area contributed by atoms with Gasteiger partial charge in [-0.3, -0.25) is 4.79 Å². The van der Waals surface area contributed by atoms with Gasteiger partial charge in [-0.15, -0.1) is 0 Å². The average molecular weight is 315 g/mol. The molecule has 0 N–H and O–H groups in total. The maximum atomic E-state index is 14.1. The van der Waals surface area contributed by atoms with Gasteiger partial charge in [0.2, 0.25) is 0 Å². The molecule has 2 aromatic rings. The minimum atomic E-state index is -0.361. The Balaban J connectivity index is 1.69. The summed E-state index contributed by atoms with van der Waals surface area (Å²) in [4.78, 5) is 13.9. The summed E-state index contributed by atoms with van der Waals surface area (Å²) in [5.74, 6) is 0.687. The molecule has 0 radical (unpaired) electrons. The van der Waals surface area contributed by atoms with Crippen LogP contribution in [0.4, 0.5) is 10.1 Å². The van der Waals surface area contributed by atoms with E-state index in [2.05, 4.69) is 0 Å². The maximum Gasteiger partial charge on any atom is 0.265 e. The molecule has 0 aromatic heterocycles. The molecular formula is C18H18FNO3. The normalized spacial score (nSPS) is 13.4. The number of anilines is 1. The van der Waals surface area contributed by atoms with Crippen LogP contribution in [0.2, 0.25) is 0 Å². The Morgan fingerprint density at radius 1 is 1.17 bits per heavy atom. The molecule has 0 fully saturated rings. The van der Waals surface area contributed by atoms with E-state index in [1.807, 2.05) is 6.07 Å². The maximum absolute atomic E-state index is 14.1. The van der Waals surface area contributed by atoms with Gasteiger partial charge in [0.05, 0.1) is 12.8 Å². The van der Waals surface area contributed by atoms with E-state index in [0.29, 0.717) is 18.0 Å². The molecular weight excluding hydrogens is 297 g/mol. The number of benzene rings is 2. The molecule has 0 saturated carbocycles. The lowest BCUT2D eigenvalue weighted by molar-refractivity contribution is -0.120. The van der Waals surface area contributed by atoms with Crippen molar-refractivity contribution in [3.8, 4) is 11.5 Å². The van der Waals surface area contributed by atoms with E-state index in [4.69, 9.17) is 9.47 Å². The molecule has 2 aromatic carbocycles. The highest BCUT2D eigenvalue weighted by atomic mass is 19.1. The molecule has 5 heteroatoms. The van der Waals surface area contributed by atoms with Gasteiger partial charge in [-0.05, 0) is 48.7 Å². The quantitative estimate of drug-likeness (QED) is 0.870. The van der Waals surface area contributed by atoms with E-state index in [1.54, 1.807) is 37.4 Å². The predicted molar refractivity (Wildman–Crippen MR) is 85.6 cm³/mol. The number of hydrogen-bond donors (Lipinski definition) is 0. The fourth-order valence-corrected chi connectivity index (χ4v) is 2.75. The minimum Gasteiger partial charge on any atom is -0.497 e. The number of para-hydroxylation sites is 1. The van der Waals surface area contributed by atoms with Crippen LogP contribution in [0.1, 0.15) is 12.0 Å². The van der Waals surface area contributed by atoms with Crippen molar-refractivity contribution in [3.05, 3.63) is 53.8 Å². The van der Waals surface area contributed by atoms with Gasteiger partial charge in [0, 0.05) is 6.54 Å². The van der Waals surface area contributed by atoms with E-state index >= 15 is 0 Å². The molecule has 0 aliphatic carbocycles. The van der Waals surface area contributed by atoms with E-state index in [-0.39, 0.29) is 18.3 Å². The molecule has 0 atom stereocenters. The highest BCUT2D eigenvalue weighted by Gasteiger charge is 2.25. The summed E-state index contributed by atoms with van der Waals surface area (Å²) >= 11 is 0. The molecule has 0 bridgehead atoms. The third-order valence-electron chi connectivity index (χ3n) is 3.89. The van der Waals surface area contributed by atoms with E-state index in [1.165, 1.54) is 11.0 Å². The SMILES string of the molecule is COc1ccc(OCC(=O)N2CCCc3cccc(F)c32)cc1. The smallest absolute Gasteiger partial charge is 0.265 e. The average Bonchev–Trinajstić information content (AvgIpc) is 2.60. The van der Waals surface area contributed by atoms with Gasteiger partial charge in [-0.1, -0.05) is 12.1 Å². The van der Waals surface area contributed by atoms with Crippen LogP contribution in [0.3, 0.4) is 0 Å². The van der Waals surface area contributed by atoms with Gasteiger partial charge in [0.1, 0.15) is 17.3 Å². The van der Waals surface area contributed by atoms with E-state index < -0.39 is 0 Å². The minimum absolute atomic E-state index is 0.125. The molecule has 0 saturated heterocycles. The first-order valence-corrected chi connectivity index (χ1v) is 7.53. The van der Waals surface area contributed by atoms with Crippen LogP contribution in [-0.2, 0) is 11.2 Å². The van der Waals surface area contributed by atoms with E-state index in [0.717, 1.165) is 24.2 Å². The van der Waals surface area contributed by atoms with Crippen LogP contribution in [0.15, 0.2) is 42.5 Å². The Hall–Kier alpha value is -2.56. The number of amides is 1. The Morgan fingerprint density at radius 2 is 1.91 bits per heavy atom. The zero-order chi connectivity index (χ0) is 16.2. The molecule has 1 heterocycles. The molecule has 120 valence electrons. The van der Waals surface area contributed by atoms with Crippen molar-refractivity contribution < 1.29 is 18.7 Å². The third-order valence-corrected chi connectivity index (χ3v) is 3.89. The molecule has 1 amide bonds. The van der Waals surface area contributed by atoms with Crippen LogP contribution in [-0.4, -0.2) is 26.2 Å². The number of carbonyl (C=O) groups excluding carboxylic acids is 1. The summed E-state index contributed by atoms with van der Waals surface area (Å²) < 4.78 is 24.7. The van der Waals surface area contributed by atoms with Gasteiger partial charge in [-0.25, -0.2) is 4.39 Å². The number of nitrogens with zero attached hydrogens (tertiary/aromatic N) is 1. The van der Waals surface area contributed by atoms with Crippen LogP contribution >= 0.6 is 0 Å². The Labute approximate surface area is 134 Å². The second-order valence-electron chi connectivity index (χ2n) is 5.36. The second kappa shape index (κ2) is 6.69. The standard InChI is InChI=1S/C18H18FNO3/c1-22-14-7-9-15(10-8-14)23-12-17(21)20-11-3-5-13-4-2-6-16(19)18(13)20/h2,4,6-10H,3,5,11-12H2,1H3. The number of ether oxygens (including phenoxy) is 2. The van der Waals surface area contributed by atoms with Gasteiger partial charge >= 0.3 is 0 Å². The summed E-state index contributed by atoms with van der Waals surface area (Å²) in [6, 6.07) is 11.9. The lowest BCUT2D eigenvalue weighted by Gasteiger charge is -2.29. The highest BCUT2D eigenvalue weighted by molar-refractivity contribution is 5.95. The monoisotopic (exact) mass is 315 g/mol. The molecule has 1 aliphatic heterocycles. The third kappa shape index (κ3) is 3.28. The lowest BCUT2D eigenvalue weighted by Crippen LogP contribution is -2.39. The zero-order valence-electron chi connectivity index (χ0n) is 12.9. The van der Waals surface area contributed by atoms with Crippen molar-refractivity contribution in [3.63, 3.8) is 0 Å². The van der Waals surface area contributed by atoms with Crippen molar-refractivity contribution in [2.24, 2.45) is 0 Å². The summed E-state index contributed by atoms with van der Waals surface area (Å²) in [5, 5.41) is 0. The van der Waals surface area contributed by atoms with Crippen molar-refractivity contribution in [1.29, 1.82) is 0 Å².